The molecule has 9 heteroatoms. The van der Waals surface area contributed by atoms with Gasteiger partial charge in [-0.1, -0.05) is 34.6 Å². The van der Waals surface area contributed by atoms with Gasteiger partial charge in [-0.05, 0) is 24.3 Å². The van der Waals surface area contributed by atoms with Gasteiger partial charge in [0.05, 0.1) is 5.56 Å². The van der Waals surface area contributed by atoms with Crippen molar-refractivity contribution in [2.75, 3.05) is 5.73 Å². The van der Waals surface area contributed by atoms with Crippen LogP contribution in [0.25, 0.3) is 28.7 Å². The second-order valence-corrected chi connectivity index (χ2v) is 5.09. The third-order valence-electron chi connectivity index (χ3n) is 3.53. The number of rotatable bonds is 3. The molecule has 0 spiro atoms. The lowest BCUT2D eigenvalue weighted by Gasteiger charge is -2.03. The van der Waals surface area contributed by atoms with E-state index in [-0.39, 0.29) is 34.5 Å². The van der Waals surface area contributed by atoms with E-state index in [1.807, 2.05) is 0 Å². The summed E-state index contributed by atoms with van der Waals surface area (Å²) in [5.41, 5.74) is 6.38. The summed E-state index contributed by atoms with van der Waals surface area (Å²) >= 11 is 0. The van der Waals surface area contributed by atoms with E-state index in [9.17, 15) is 8.78 Å². The second-order valence-electron chi connectivity index (χ2n) is 5.09. The van der Waals surface area contributed by atoms with E-state index in [1.165, 1.54) is 24.3 Å². The molecule has 124 valence electrons. The first-order valence-electron chi connectivity index (χ1n) is 7.20. The summed E-state index contributed by atoms with van der Waals surface area (Å²) in [6.07, 6.45) is 0. The number of para-hydroxylation sites is 1. The molecule has 4 aromatic rings. The fourth-order valence-electron chi connectivity index (χ4n) is 2.31. The Kier molecular flexibility index (Phi) is 3.46. The maximum atomic E-state index is 13.9. The van der Waals surface area contributed by atoms with Gasteiger partial charge in [0.2, 0.25) is 5.82 Å². The molecule has 0 unspecified atom stereocenters. The van der Waals surface area contributed by atoms with Crippen LogP contribution in [0.5, 0.6) is 0 Å². The van der Waals surface area contributed by atoms with Crippen LogP contribution in [0.15, 0.2) is 53.1 Å². The normalized spacial score (nSPS) is 11.0. The van der Waals surface area contributed by atoms with Crippen molar-refractivity contribution < 1.29 is 13.3 Å². The van der Waals surface area contributed by atoms with Crippen LogP contribution >= 0.6 is 0 Å². The molecule has 0 aliphatic carbocycles. The van der Waals surface area contributed by atoms with E-state index in [4.69, 9.17) is 10.3 Å². The van der Waals surface area contributed by atoms with Crippen molar-refractivity contribution in [1.82, 2.24) is 25.1 Å². The molecule has 0 radical (unpaired) electrons. The van der Waals surface area contributed by atoms with Gasteiger partial charge in [-0.25, -0.2) is 8.78 Å². The molecule has 0 aliphatic rings. The summed E-state index contributed by atoms with van der Waals surface area (Å²) in [5.74, 6) is -0.971. The SMILES string of the molecule is Nc1c(-c2nc(-c3ccccc3F)no2)nnn1-c1ccccc1F. The average molecular weight is 340 g/mol. The first-order chi connectivity index (χ1) is 12.1. The van der Waals surface area contributed by atoms with Crippen LogP contribution in [0.3, 0.4) is 0 Å². The highest BCUT2D eigenvalue weighted by molar-refractivity contribution is 5.66. The number of nitrogens with zero attached hydrogens (tertiary/aromatic N) is 5. The predicted molar refractivity (Wildman–Crippen MR) is 84.4 cm³/mol. The number of aromatic nitrogens is 5. The molecular weight excluding hydrogens is 330 g/mol. The van der Waals surface area contributed by atoms with E-state index >= 15 is 0 Å². The summed E-state index contributed by atoms with van der Waals surface area (Å²) in [6, 6.07) is 12.0. The monoisotopic (exact) mass is 340 g/mol. The molecule has 0 amide bonds. The zero-order valence-electron chi connectivity index (χ0n) is 12.6. The highest BCUT2D eigenvalue weighted by Gasteiger charge is 2.21. The Morgan fingerprint density at radius 1 is 0.960 bits per heavy atom. The van der Waals surface area contributed by atoms with Crippen LogP contribution < -0.4 is 5.73 Å². The first kappa shape index (κ1) is 14.9. The van der Waals surface area contributed by atoms with E-state index in [0.717, 1.165) is 4.68 Å². The van der Waals surface area contributed by atoms with Gasteiger partial charge in [0.15, 0.2) is 11.5 Å². The van der Waals surface area contributed by atoms with Gasteiger partial charge in [-0.2, -0.15) is 9.67 Å². The van der Waals surface area contributed by atoms with E-state index in [2.05, 4.69) is 20.5 Å². The number of nitrogen functional groups attached to an aromatic ring is 1. The smallest absolute Gasteiger partial charge is 0.282 e. The molecule has 0 saturated heterocycles. The third-order valence-corrected chi connectivity index (χ3v) is 3.53. The van der Waals surface area contributed by atoms with Crippen molar-refractivity contribution in [2.45, 2.75) is 0 Å². The highest BCUT2D eigenvalue weighted by Crippen LogP contribution is 2.27. The molecule has 2 aromatic heterocycles. The van der Waals surface area contributed by atoms with Crippen LogP contribution in [-0.2, 0) is 0 Å². The Hall–Kier alpha value is -3.62. The van der Waals surface area contributed by atoms with Crippen molar-refractivity contribution in [1.29, 1.82) is 0 Å². The number of benzene rings is 2. The van der Waals surface area contributed by atoms with Gasteiger partial charge in [0, 0.05) is 0 Å². The number of hydrogen-bond acceptors (Lipinski definition) is 6. The lowest BCUT2D eigenvalue weighted by atomic mass is 10.2. The van der Waals surface area contributed by atoms with Crippen LogP contribution in [0.4, 0.5) is 14.6 Å². The molecule has 0 atom stereocenters. The van der Waals surface area contributed by atoms with E-state index in [1.54, 1.807) is 24.3 Å². The molecule has 0 bridgehead atoms. The summed E-state index contributed by atoms with van der Waals surface area (Å²) in [5, 5.41) is 11.4. The lowest BCUT2D eigenvalue weighted by molar-refractivity contribution is 0.430. The predicted octanol–water partition coefficient (Wildman–Crippen LogP) is 2.84. The maximum Gasteiger partial charge on any atom is 0.282 e. The molecular formula is C16H10F2N6O. The number of nitrogens with two attached hydrogens (primary N) is 1. The standard InChI is InChI=1S/C16H10F2N6O/c17-10-6-2-1-5-9(10)15-20-16(25-22-15)13-14(19)24(23-21-13)12-8-4-3-7-11(12)18/h1-8H,19H2. The van der Waals surface area contributed by atoms with Crippen molar-refractivity contribution in [3.8, 4) is 28.7 Å². The Balaban J connectivity index is 1.75. The fourth-order valence-corrected chi connectivity index (χ4v) is 2.31. The Labute approximate surface area is 139 Å². The molecule has 2 heterocycles. The number of halogens is 2. The van der Waals surface area contributed by atoms with Crippen LogP contribution in [-0.4, -0.2) is 25.1 Å². The van der Waals surface area contributed by atoms with Crippen LogP contribution in [0, 0.1) is 11.6 Å². The van der Waals surface area contributed by atoms with Gasteiger partial charge in [-0.3, -0.25) is 0 Å². The molecule has 2 aromatic carbocycles. The molecule has 25 heavy (non-hydrogen) atoms. The third kappa shape index (κ3) is 2.51. The Bertz CT molecular complexity index is 1060. The van der Waals surface area contributed by atoms with Crippen molar-refractivity contribution in [3.63, 3.8) is 0 Å². The second kappa shape index (κ2) is 5.78. The zero-order chi connectivity index (χ0) is 17.4. The minimum Gasteiger partial charge on any atom is -0.382 e. The largest absolute Gasteiger partial charge is 0.382 e. The molecule has 4 rings (SSSR count). The van der Waals surface area contributed by atoms with E-state index < -0.39 is 11.6 Å². The van der Waals surface area contributed by atoms with Crippen molar-refractivity contribution >= 4 is 5.82 Å². The average Bonchev–Trinajstić information content (AvgIpc) is 3.23. The van der Waals surface area contributed by atoms with Crippen molar-refractivity contribution in [2.24, 2.45) is 0 Å². The summed E-state index contributed by atoms with van der Waals surface area (Å²) in [6.45, 7) is 0. The van der Waals surface area contributed by atoms with Gasteiger partial charge in [-0.15, -0.1) is 5.10 Å². The van der Waals surface area contributed by atoms with Crippen LogP contribution in [0.1, 0.15) is 0 Å². The minimum atomic E-state index is -0.511. The van der Waals surface area contributed by atoms with Gasteiger partial charge in [0.25, 0.3) is 5.89 Å². The quantitative estimate of drug-likeness (QED) is 0.616. The van der Waals surface area contributed by atoms with Gasteiger partial charge in [0.1, 0.15) is 17.3 Å². The number of anilines is 1. The summed E-state index contributed by atoms with van der Waals surface area (Å²) in [7, 11) is 0. The lowest BCUT2D eigenvalue weighted by Crippen LogP contribution is -2.04. The van der Waals surface area contributed by atoms with Gasteiger partial charge >= 0.3 is 0 Å². The van der Waals surface area contributed by atoms with Crippen molar-refractivity contribution in [3.05, 3.63) is 60.2 Å². The summed E-state index contributed by atoms with van der Waals surface area (Å²) < 4.78 is 33.9. The van der Waals surface area contributed by atoms with E-state index in [0.29, 0.717) is 0 Å². The Morgan fingerprint density at radius 2 is 1.68 bits per heavy atom. The molecule has 7 nitrogen and oxygen atoms in total. The van der Waals surface area contributed by atoms with Gasteiger partial charge < -0.3 is 10.3 Å². The number of hydrogen-bond donors (Lipinski definition) is 1. The topological polar surface area (TPSA) is 95.7 Å². The molecule has 0 aliphatic heterocycles. The Morgan fingerprint density at radius 3 is 2.44 bits per heavy atom. The highest BCUT2D eigenvalue weighted by atomic mass is 19.1. The minimum absolute atomic E-state index is 0.0221. The van der Waals surface area contributed by atoms with Crippen LogP contribution in [0.2, 0.25) is 0 Å². The zero-order valence-corrected chi connectivity index (χ0v) is 12.6. The maximum absolute atomic E-state index is 13.9. The molecule has 0 saturated carbocycles. The fraction of sp³-hybridized carbons (Fsp3) is 0. The summed E-state index contributed by atoms with van der Waals surface area (Å²) in [4.78, 5) is 4.09. The molecule has 2 N–H and O–H groups in total. The molecule has 0 fully saturated rings. The first-order valence-corrected chi connectivity index (χ1v) is 7.20.